The van der Waals surface area contributed by atoms with E-state index in [9.17, 15) is 0 Å². The van der Waals surface area contributed by atoms with Crippen LogP contribution in [0.15, 0.2) is 24.4 Å². The molecule has 1 N–H and O–H groups in total. The molecule has 1 unspecified atom stereocenters. The van der Waals surface area contributed by atoms with Crippen molar-refractivity contribution in [3.05, 3.63) is 39.8 Å². The number of nitrogens with zero attached hydrogens (tertiary/aromatic N) is 2. The van der Waals surface area contributed by atoms with E-state index in [1.165, 1.54) is 15.1 Å². The van der Waals surface area contributed by atoms with Crippen LogP contribution in [-0.4, -0.2) is 9.97 Å². The lowest BCUT2D eigenvalue weighted by Crippen LogP contribution is -2.05. The molecular formula is C14H15N3S2. The maximum atomic E-state index is 4.67. The molecular weight excluding hydrogens is 274 g/mol. The molecule has 0 bridgehead atoms. The van der Waals surface area contributed by atoms with Crippen molar-refractivity contribution in [2.45, 2.75) is 26.8 Å². The lowest BCUT2D eigenvalue weighted by molar-refractivity contribution is 0.868. The van der Waals surface area contributed by atoms with Gasteiger partial charge in [0.15, 0.2) is 5.13 Å². The third-order valence-electron chi connectivity index (χ3n) is 2.97. The third-order valence-corrected chi connectivity index (χ3v) is 5.02. The molecule has 3 nitrogen and oxygen atoms in total. The predicted molar refractivity (Wildman–Crippen MR) is 83.2 cm³/mol. The van der Waals surface area contributed by atoms with Crippen molar-refractivity contribution >= 4 is 38.0 Å². The van der Waals surface area contributed by atoms with Crippen LogP contribution in [0, 0.1) is 13.8 Å². The molecule has 0 aliphatic rings. The Labute approximate surface area is 120 Å². The van der Waals surface area contributed by atoms with E-state index in [-0.39, 0.29) is 6.04 Å². The van der Waals surface area contributed by atoms with E-state index in [0.717, 1.165) is 15.7 Å². The fourth-order valence-corrected chi connectivity index (χ4v) is 3.77. The van der Waals surface area contributed by atoms with Crippen molar-refractivity contribution in [3.63, 3.8) is 0 Å². The van der Waals surface area contributed by atoms with Gasteiger partial charge in [0.05, 0.1) is 16.3 Å². The average molecular weight is 289 g/mol. The van der Waals surface area contributed by atoms with Gasteiger partial charge in [0, 0.05) is 11.1 Å². The van der Waals surface area contributed by atoms with Crippen molar-refractivity contribution in [1.82, 2.24) is 9.97 Å². The first-order valence-electron chi connectivity index (χ1n) is 6.18. The summed E-state index contributed by atoms with van der Waals surface area (Å²) in [5, 5.41) is 5.51. The number of thiazole rings is 2. The molecule has 98 valence electrons. The monoisotopic (exact) mass is 289 g/mol. The first kappa shape index (κ1) is 12.6. The summed E-state index contributed by atoms with van der Waals surface area (Å²) in [6.07, 6.45) is 1.92. The Morgan fingerprint density at radius 3 is 2.74 bits per heavy atom. The van der Waals surface area contributed by atoms with Gasteiger partial charge in [-0.2, -0.15) is 0 Å². The molecule has 19 heavy (non-hydrogen) atoms. The van der Waals surface area contributed by atoms with E-state index in [4.69, 9.17) is 0 Å². The van der Waals surface area contributed by atoms with Crippen LogP contribution in [0.2, 0.25) is 0 Å². The zero-order valence-corrected chi connectivity index (χ0v) is 12.7. The summed E-state index contributed by atoms with van der Waals surface area (Å²) in [6, 6.07) is 6.48. The number of anilines is 1. The summed E-state index contributed by atoms with van der Waals surface area (Å²) in [4.78, 5) is 10.3. The molecule has 0 amide bonds. The minimum Gasteiger partial charge on any atom is -0.353 e. The minimum atomic E-state index is 0.194. The smallest absolute Gasteiger partial charge is 0.184 e. The number of hydrogen-bond donors (Lipinski definition) is 1. The largest absolute Gasteiger partial charge is 0.353 e. The Bertz CT molecular complexity index is 714. The molecule has 3 rings (SSSR count). The van der Waals surface area contributed by atoms with Gasteiger partial charge in [-0.1, -0.05) is 23.5 Å². The van der Waals surface area contributed by atoms with Gasteiger partial charge in [-0.15, -0.1) is 11.3 Å². The highest BCUT2D eigenvalue weighted by molar-refractivity contribution is 7.22. The molecule has 0 aliphatic carbocycles. The molecule has 2 aromatic heterocycles. The Balaban J connectivity index is 1.87. The highest BCUT2D eigenvalue weighted by Gasteiger charge is 2.12. The number of aryl methyl sites for hydroxylation is 2. The zero-order valence-electron chi connectivity index (χ0n) is 11.1. The van der Waals surface area contributed by atoms with E-state index < -0.39 is 0 Å². The molecule has 0 radical (unpaired) electrons. The van der Waals surface area contributed by atoms with Gasteiger partial charge in [-0.05, 0) is 32.4 Å². The second kappa shape index (κ2) is 4.90. The van der Waals surface area contributed by atoms with Crippen molar-refractivity contribution in [1.29, 1.82) is 0 Å². The normalized spacial score (nSPS) is 12.8. The quantitative estimate of drug-likeness (QED) is 0.769. The molecule has 1 atom stereocenters. The van der Waals surface area contributed by atoms with Gasteiger partial charge in [0.25, 0.3) is 0 Å². The van der Waals surface area contributed by atoms with Crippen LogP contribution in [0.1, 0.15) is 28.4 Å². The standard InChI is InChI=1S/C14H15N3S2/c1-8-5-4-6-11-12(8)17-14(19-11)16-10(3)13-15-7-9(2)18-13/h4-7,10H,1-3H3,(H,16,17). The summed E-state index contributed by atoms with van der Waals surface area (Å²) in [5.41, 5.74) is 2.32. The number of rotatable bonds is 3. The topological polar surface area (TPSA) is 37.8 Å². The maximum Gasteiger partial charge on any atom is 0.184 e. The number of benzene rings is 1. The first-order chi connectivity index (χ1) is 9.13. The Kier molecular flexibility index (Phi) is 3.24. The van der Waals surface area contributed by atoms with Gasteiger partial charge in [0.1, 0.15) is 5.01 Å². The summed E-state index contributed by atoms with van der Waals surface area (Å²) < 4.78 is 1.23. The van der Waals surface area contributed by atoms with Crippen LogP contribution in [0.25, 0.3) is 10.2 Å². The summed E-state index contributed by atoms with van der Waals surface area (Å²) in [6.45, 7) is 6.30. The fraction of sp³-hybridized carbons (Fsp3) is 0.286. The summed E-state index contributed by atoms with van der Waals surface area (Å²) in [7, 11) is 0. The Hall–Kier alpha value is -1.46. The van der Waals surface area contributed by atoms with Gasteiger partial charge >= 0.3 is 0 Å². The average Bonchev–Trinajstić information content (AvgIpc) is 2.96. The van der Waals surface area contributed by atoms with Crippen molar-refractivity contribution in [2.24, 2.45) is 0 Å². The SMILES string of the molecule is Cc1cnc(C(C)Nc2nc3c(C)cccc3s2)s1. The molecule has 3 aromatic rings. The second-order valence-corrected chi connectivity index (χ2v) is 6.91. The molecule has 0 saturated carbocycles. The molecule has 0 fully saturated rings. The van der Waals surface area contributed by atoms with Crippen LogP contribution in [-0.2, 0) is 0 Å². The second-order valence-electron chi connectivity index (χ2n) is 4.62. The van der Waals surface area contributed by atoms with E-state index in [0.29, 0.717) is 0 Å². The number of aromatic nitrogens is 2. The fourth-order valence-electron chi connectivity index (χ4n) is 1.97. The lowest BCUT2D eigenvalue weighted by atomic mass is 10.2. The molecule has 0 saturated heterocycles. The number of hydrogen-bond acceptors (Lipinski definition) is 5. The predicted octanol–water partition coefficient (Wildman–Crippen LogP) is 4.54. The molecule has 1 aromatic carbocycles. The minimum absolute atomic E-state index is 0.194. The van der Waals surface area contributed by atoms with Gasteiger partial charge in [-0.3, -0.25) is 0 Å². The Morgan fingerprint density at radius 1 is 1.21 bits per heavy atom. The summed E-state index contributed by atoms with van der Waals surface area (Å²) in [5.74, 6) is 0. The third kappa shape index (κ3) is 2.48. The van der Waals surface area contributed by atoms with Crippen molar-refractivity contribution in [2.75, 3.05) is 5.32 Å². The van der Waals surface area contributed by atoms with Crippen molar-refractivity contribution < 1.29 is 0 Å². The zero-order chi connectivity index (χ0) is 13.4. The van der Waals surface area contributed by atoms with E-state index in [1.807, 2.05) is 6.20 Å². The van der Waals surface area contributed by atoms with Crippen LogP contribution < -0.4 is 5.32 Å². The maximum absolute atomic E-state index is 4.67. The van der Waals surface area contributed by atoms with Gasteiger partial charge < -0.3 is 5.32 Å². The van der Waals surface area contributed by atoms with E-state index in [1.54, 1.807) is 22.7 Å². The molecule has 5 heteroatoms. The first-order valence-corrected chi connectivity index (χ1v) is 7.82. The van der Waals surface area contributed by atoms with E-state index >= 15 is 0 Å². The number of para-hydroxylation sites is 1. The van der Waals surface area contributed by atoms with Crippen LogP contribution >= 0.6 is 22.7 Å². The molecule has 0 aliphatic heterocycles. The van der Waals surface area contributed by atoms with Crippen LogP contribution in [0.3, 0.4) is 0 Å². The van der Waals surface area contributed by atoms with Crippen LogP contribution in [0.5, 0.6) is 0 Å². The van der Waals surface area contributed by atoms with E-state index in [2.05, 4.69) is 54.3 Å². The Morgan fingerprint density at radius 2 is 2.05 bits per heavy atom. The number of fused-ring (bicyclic) bond motifs is 1. The molecule has 0 spiro atoms. The highest BCUT2D eigenvalue weighted by atomic mass is 32.1. The lowest BCUT2D eigenvalue weighted by Gasteiger charge is -2.08. The number of nitrogens with one attached hydrogen (secondary N) is 1. The summed E-state index contributed by atoms with van der Waals surface area (Å²) >= 11 is 3.42. The van der Waals surface area contributed by atoms with Crippen LogP contribution in [0.4, 0.5) is 5.13 Å². The highest BCUT2D eigenvalue weighted by Crippen LogP contribution is 2.31. The van der Waals surface area contributed by atoms with Gasteiger partial charge in [-0.25, -0.2) is 9.97 Å². The molecule has 2 heterocycles. The van der Waals surface area contributed by atoms with Crippen molar-refractivity contribution in [3.8, 4) is 0 Å². The van der Waals surface area contributed by atoms with Gasteiger partial charge in [0.2, 0.25) is 0 Å².